The van der Waals surface area contributed by atoms with Gasteiger partial charge in [0.2, 0.25) is 5.95 Å². The van der Waals surface area contributed by atoms with E-state index in [1.54, 1.807) is 0 Å². The number of aryl methyl sites for hydroxylation is 1. The maximum Gasteiger partial charge on any atom is 0.227 e. The van der Waals surface area contributed by atoms with Crippen LogP contribution in [0, 0.1) is 6.92 Å². The van der Waals surface area contributed by atoms with Gasteiger partial charge in [0, 0.05) is 32.2 Å². The maximum absolute atomic E-state index is 5.15. The zero-order chi connectivity index (χ0) is 19.3. The van der Waals surface area contributed by atoms with Crippen molar-refractivity contribution in [1.29, 1.82) is 0 Å². The van der Waals surface area contributed by atoms with Gasteiger partial charge in [-0.05, 0) is 33.2 Å². The Labute approximate surface area is 166 Å². The molecule has 0 N–H and O–H groups in total. The van der Waals surface area contributed by atoms with E-state index in [1.807, 2.05) is 13.1 Å². The van der Waals surface area contributed by atoms with Crippen molar-refractivity contribution in [2.24, 2.45) is 0 Å². The normalized spacial score (nSPS) is 23.2. The van der Waals surface area contributed by atoms with Gasteiger partial charge < -0.3 is 14.7 Å². The van der Waals surface area contributed by atoms with Gasteiger partial charge in [-0.2, -0.15) is 4.98 Å². The summed E-state index contributed by atoms with van der Waals surface area (Å²) in [7, 11) is 2.18. The number of hydrogen-bond acceptors (Lipinski definition) is 7. The lowest BCUT2D eigenvalue weighted by Crippen LogP contribution is -2.46. The molecule has 0 spiro atoms. The molecular weight excluding hydrogens is 352 g/mol. The van der Waals surface area contributed by atoms with Crippen LogP contribution in [0.3, 0.4) is 0 Å². The molecule has 1 saturated carbocycles. The number of piperazine rings is 1. The monoisotopic (exact) mass is 382 g/mol. The first-order valence-electron chi connectivity index (χ1n) is 10.7. The molecule has 2 aromatic rings. The summed E-state index contributed by atoms with van der Waals surface area (Å²) in [4.78, 5) is 17.1. The van der Waals surface area contributed by atoms with Gasteiger partial charge in [0.25, 0.3) is 0 Å². The molecule has 2 aromatic heterocycles. The van der Waals surface area contributed by atoms with Crippen LogP contribution in [-0.4, -0.2) is 68.9 Å². The third-order valence-corrected chi connectivity index (χ3v) is 6.60. The minimum absolute atomic E-state index is 0.229. The second kappa shape index (κ2) is 6.99. The van der Waals surface area contributed by atoms with Crippen LogP contribution in [0.5, 0.6) is 0 Å². The molecule has 8 heteroatoms. The highest BCUT2D eigenvalue weighted by Crippen LogP contribution is 2.43. The fourth-order valence-electron chi connectivity index (χ4n) is 5.02. The molecule has 0 radical (unpaired) electrons. The molecular formula is C20H30N8. The van der Waals surface area contributed by atoms with Crippen LogP contribution >= 0.6 is 0 Å². The van der Waals surface area contributed by atoms with E-state index in [1.165, 1.54) is 25.7 Å². The van der Waals surface area contributed by atoms with Crippen molar-refractivity contribution in [3.63, 3.8) is 0 Å². The van der Waals surface area contributed by atoms with Crippen LogP contribution < -0.4 is 9.80 Å². The van der Waals surface area contributed by atoms with Crippen LogP contribution in [0.25, 0.3) is 5.69 Å². The molecule has 1 aliphatic carbocycles. The highest BCUT2D eigenvalue weighted by atomic mass is 15.4. The average molecular weight is 383 g/mol. The summed E-state index contributed by atoms with van der Waals surface area (Å²) >= 11 is 0. The third kappa shape index (κ3) is 2.77. The standard InChI is InChI=1S/C20H30N8/c1-4-16-19-24-23-14(2)27(19)17-13-21-20(26-11-9-25(3)10-12-26)22-18(17)28(16)15-7-5-6-8-15/h13,15-16H,4-12H2,1-3H3. The van der Waals surface area contributed by atoms with Crippen molar-refractivity contribution in [3.8, 4) is 5.69 Å². The van der Waals surface area contributed by atoms with Crippen LogP contribution in [0.1, 0.15) is 56.7 Å². The van der Waals surface area contributed by atoms with Crippen LogP contribution in [0.2, 0.25) is 0 Å². The van der Waals surface area contributed by atoms with Gasteiger partial charge in [-0.15, -0.1) is 10.2 Å². The molecule has 0 aromatic carbocycles. The van der Waals surface area contributed by atoms with Gasteiger partial charge in [0.15, 0.2) is 11.6 Å². The van der Waals surface area contributed by atoms with E-state index in [0.29, 0.717) is 6.04 Å². The zero-order valence-corrected chi connectivity index (χ0v) is 17.2. The lowest BCUT2D eigenvalue weighted by Gasteiger charge is -2.41. The summed E-state index contributed by atoms with van der Waals surface area (Å²) in [5.74, 6) is 3.88. The van der Waals surface area contributed by atoms with Crippen molar-refractivity contribution in [2.75, 3.05) is 43.0 Å². The van der Waals surface area contributed by atoms with Crippen LogP contribution in [0.15, 0.2) is 6.20 Å². The van der Waals surface area contributed by atoms with Crippen molar-refractivity contribution < 1.29 is 0 Å². The largest absolute Gasteiger partial charge is 0.341 e. The Morgan fingerprint density at radius 3 is 2.54 bits per heavy atom. The van der Waals surface area contributed by atoms with E-state index in [0.717, 1.165) is 61.7 Å². The van der Waals surface area contributed by atoms with Gasteiger partial charge in [-0.3, -0.25) is 4.57 Å². The van der Waals surface area contributed by atoms with Gasteiger partial charge >= 0.3 is 0 Å². The Kier molecular flexibility index (Phi) is 4.45. The zero-order valence-electron chi connectivity index (χ0n) is 17.2. The Morgan fingerprint density at radius 2 is 1.82 bits per heavy atom. The maximum atomic E-state index is 5.15. The Balaban J connectivity index is 1.61. The van der Waals surface area contributed by atoms with E-state index in [-0.39, 0.29) is 6.04 Å². The molecule has 1 saturated heterocycles. The van der Waals surface area contributed by atoms with E-state index in [4.69, 9.17) is 9.97 Å². The summed E-state index contributed by atoms with van der Waals surface area (Å²) in [6.45, 7) is 8.33. The minimum Gasteiger partial charge on any atom is -0.341 e. The second-order valence-electron chi connectivity index (χ2n) is 8.38. The SMILES string of the molecule is CCC1c2nnc(C)n2-c2cnc(N3CCN(C)CC3)nc2N1C1CCCC1. The summed E-state index contributed by atoms with van der Waals surface area (Å²) in [6.07, 6.45) is 8.06. The second-order valence-corrected chi connectivity index (χ2v) is 8.38. The predicted octanol–water partition coefficient (Wildman–Crippen LogP) is 2.33. The minimum atomic E-state index is 0.229. The molecule has 1 unspecified atom stereocenters. The molecule has 4 heterocycles. The van der Waals surface area contributed by atoms with Crippen LogP contribution in [-0.2, 0) is 0 Å². The number of likely N-dealkylation sites (N-methyl/N-ethyl adjacent to an activating group) is 1. The van der Waals surface area contributed by atoms with Gasteiger partial charge in [-0.1, -0.05) is 19.8 Å². The van der Waals surface area contributed by atoms with Crippen molar-refractivity contribution in [2.45, 2.75) is 58.0 Å². The molecule has 0 amide bonds. The number of nitrogens with zero attached hydrogens (tertiary/aromatic N) is 8. The molecule has 0 bridgehead atoms. The van der Waals surface area contributed by atoms with E-state index in [9.17, 15) is 0 Å². The van der Waals surface area contributed by atoms with Crippen molar-refractivity contribution >= 4 is 11.8 Å². The quantitative estimate of drug-likeness (QED) is 0.807. The van der Waals surface area contributed by atoms with Gasteiger partial charge in [-0.25, -0.2) is 4.98 Å². The summed E-state index contributed by atoms with van der Waals surface area (Å²) in [5.41, 5.74) is 1.03. The first kappa shape index (κ1) is 17.8. The molecule has 1 atom stereocenters. The first-order valence-corrected chi connectivity index (χ1v) is 10.7. The average Bonchev–Trinajstić information content (AvgIpc) is 3.37. The number of rotatable bonds is 3. The predicted molar refractivity (Wildman–Crippen MR) is 109 cm³/mol. The fourth-order valence-corrected chi connectivity index (χ4v) is 5.02. The van der Waals surface area contributed by atoms with Gasteiger partial charge in [0.05, 0.1) is 12.2 Å². The summed E-state index contributed by atoms with van der Waals surface area (Å²) < 4.78 is 2.17. The van der Waals surface area contributed by atoms with Crippen molar-refractivity contribution in [3.05, 3.63) is 17.8 Å². The number of anilines is 2. The van der Waals surface area contributed by atoms with E-state index < -0.39 is 0 Å². The number of fused-ring (bicyclic) bond motifs is 3. The lowest BCUT2D eigenvalue weighted by atomic mass is 10.0. The highest BCUT2D eigenvalue weighted by Gasteiger charge is 2.39. The number of aromatic nitrogens is 5. The van der Waals surface area contributed by atoms with E-state index in [2.05, 4.69) is 43.4 Å². The van der Waals surface area contributed by atoms with E-state index >= 15 is 0 Å². The van der Waals surface area contributed by atoms with Crippen molar-refractivity contribution in [1.82, 2.24) is 29.6 Å². The Bertz CT molecular complexity index is 848. The number of hydrogen-bond donors (Lipinski definition) is 0. The molecule has 2 aliphatic heterocycles. The van der Waals surface area contributed by atoms with Gasteiger partial charge in [0.1, 0.15) is 11.5 Å². The molecule has 150 valence electrons. The smallest absolute Gasteiger partial charge is 0.227 e. The molecule has 3 aliphatic rings. The van der Waals surface area contributed by atoms with Crippen LogP contribution in [0.4, 0.5) is 11.8 Å². The fraction of sp³-hybridized carbons (Fsp3) is 0.700. The third-order valence-electron chi connectivity index (χ3n) is 6.60. The lowest BCUT2D eigenvalue weighted by molar-refractivity contribution is 0.311. The Hall–Kier alpha value is -2.22. The highest BCUT2D eigenvalue weighted by molar-refractivity contribution is 5.64. The Morgan fingerprint density at radius 1 is 1.07 bits per heavy atom. The molecule has 5 rings (SSSR count). The topological polar surface area (TPSA) is 66.2 Å². The molecule has 28 heavy (non-hydrogen) atoms. The molecule has 2 fully saturated rings. The first-order chi connectivity index (χ1) is 13.7. The molecule has 8 nitrogen and oxygen atoms in total. The summed E-state index contributed by atoms with van der Waals surface area (Å²) in [6, 6.07) is 0.761. The summed E-state index contributed by atoms with van der Waals surface area (Å²) in [5, 5.41) is 8.94.